The van der Waals surface area contributed by atoms with Gasteiger partial charge < -0.3 is 4.57 Å². The van der Waals surface area contributed by atoms with Gasteiger partial charge in [0, 0.05) is 18.3 Å². The van der Waals surface area contributed by atoms with Crippen molar-refractivity contribution in [3.8, 4) is 0 Å². The lowest BCUT2D eigenvalue weighted by Gasteiger charge is -2.03. The fraction of sp³-hybridized carbons (Fsp3) is 0.0769. The van der Waals surface area contributed by atoms with Crippen molar-refractivity contribution in [1.29, 1.82) is 0 Å². The largest absolute Gasteiger partial charge is 0.350 e. The van der Waals surface area contributed by atoms with Crippen molar-refractivity contribution in [2.75, 3.05) is 0 Å². The van der Waals surface area contributed by atoms with Crippen molar-refractivity contribution in [2.24, 2.45) is 12.1 Å². The van der Waals surface area contributed by atoms with Crippen LogP contribution in [0.5, 0.6) is 0 Å². The number of hydrogen-bond acceptors (Lipinski definition) is 2. The van der Waals surface area contributed by atoms with Crippen LogP contribution in [0.15, 0.2) is 41.6 Å². The topological polar surface area (TPSA) is 46.4 Å². The summed E-state index contributed by atoms with van der Waals surface area (Å²) in [6, 6.07) is 8.43. The van der Waals surface area contributed by atoms with Gasteiger partial charge in [-0.2, -0.15) is 5.10 Å². The highest BCUT2D eigenvalue weighted by Gasteiger charge is 2.09. The lowest BCUT2D eigenvalue weighted by atomic mass is 10.2. The fourth-order valence-corrected chi connectivity index (χ4v) is 1.99. The lowest BCUT2D eigenvalue weighted by molar-refractivity contribution is 0.0955. The Morgan fingerprint density at radius 1 is 1.37 bits per heavy atom. The molecule has 0 aliphatic heterocycles. The number of nitrogens with one attached hydrogen (secondary N) is 1. The molecule has 4 nitrogen and oxygen atoms in total. The van der Waals surface area contributed by atoms with Gasteiger partial charge in [0.25, 0.3) is 5.91 Å². The smallest absolute Gasteiger partial charge is 0.272 e. The molecule has 0 aliphatic carbocycles. The van der Waals surface area contributed by atoms with Gasteiger partial charge in [0.15, 0.2) is 0 Å². The first kappa shape index (κ1) is 13.6. The molecule has 1 aromatic heterocycles. The quantitative estimate of drug-likeness (QED) is 0.686. The van der Waals surface area contributed by atoms with E-state index in [0.717, 1.165) is 5.69 Å². The van der Waals surface area contributed by atoms with Gasteiger partial charge in [0.05, 0.1) is 22.5 Å². The van der Waals surface area contributed by atoms with Crippen LogP contribution in [0.1, 0.15) is 16.1 Å². The zero-order valence-electron chi connectivity index (χ0n) is 10.1. The molecule has 0 saturated heterocycles. The highest BCUT2D eigenvalue weighted by atomic mass is 35.5. The predicted octanol–water partition coefficient (Wildman–Crippen LogP) is 3.10. The number of aromatic nitrogens is 1. The second-order valence-corrected chi connectivity index (χ2v) is 4.71. The number of benzene rings is 1. The van der Waals surface area contributed by atoms with E-state index in [2.05, 4.69) is 10.5 Å². The summed E-state index contributed by atoms with van der Waals surface area (Å²) in [5, 5.41) is 4.65. The Balaban J connectivity index is 2.06. The minimum absolute atomic E-state index is 0.291. The Kier molecular flexibility index (Phi) is 4.24. The van der Waals surface area contributed by atoms with E-state index in [9.17, 15) is 4.79 Å². The second kappa shape index (κ2) is 5.91. The van der Waals surface area contributed by atoms with Gasteiger partial charge in [0.1, 0.15) is 0 Å². The SMILES string of the molecule is Cn1cccc1C=NNC(=O)c1ccc(Cl)cc1Cl. The van der Waals surface area contributed by atoms with Crippen molar-refractivity contribution in [3.63, 3.8) is 0 Å². The normalized spacial score (nSPS) is 10.9. The molecule has 1 aromatic carbocycles. The monoisotopic (exact) mass is 295 g/mol. The highest BCUT2D eigenvalue weighted by molar-refractivity contribution is 6.36. The molecule has 0 spiro atoms. The standard InChI is InChI=1S/C13H11Cl2N3O/c1-18-6-2-3-10(18)8-16-17-13(19)11-5-4-9(14)7-12(11)15/h2-8H,1H3,(H,17,19). The molecule has 2 rings (SSSR count). The number of aryl methyl sites for hydroxylation is 1. The predicted molar refractivity (Wildman–Crippen MR) is 76.9 cm³/mol. The van der Waals surface area contributed by atoms with Gasteiger partial charge in [-0.1, -0.05) is 23.2 Å². The average molecular weight is 296 g/mol. The van der Waals surface area contributed by atoms with Crippen LogP contribution in [0.4, 0.5) is 0 Å². The van der Waals surface area contributed by atoms with Gasteiger partial charge in [-0.05, 0) is 30.3 Å². The second-order valence-electron chi connectivity index (χ2n) is 3.87. The van der Waals surface area contributed by atoms with E-state index < -0.39 is 0 Å². The van der Waals surface area contributed by atoms with Gasteiger partial charge in [-0.15, -0.1) is 0 Å². The van der Waals surface area contributed by atoms with Gasteiger partial charge in [-0.25, -0.2) is 5.43 Å². The van der Waals surface area contributed by atoms with E-state index in [1.807, 2.05) is 29.9 Å². The van der Waals surface area contributed by atoms with E-state index in [1.165, 1.54) is 6.07 Å². The van der Waals surface area contributed by atoms with E-state index >= 15 is 0 Å². The number of hydrazone groups is 1. The molecule has 19 heavy (non-hydrogen) atoms. The molecule has 0 atom stereocenters. The molecule has 0 bridgehead atoms. The minimum atomic E-state index is -0.382. The first-order chi connectivity index (χ1) is 9.08. The molecule has 0 unspecified atom stereocenters. The van der Waals surface area contributed by atoms with Crippen LogP contribution in [0.2, 0.25) is 10.0 Å². The molecular weight excluding hydrogens is 285 g/mol. The minimum Gasteiger partial charge on any atom is -0.350 e. The van der Waals surface area contributed by atoms with Gasteiger partial charge in [-0.3, -0.25) is 4.79 Å². The molecule has 2 aromatic rings. The third-order valence-corrected chi connectivity index (χ3v) is 3.07. The molecule has 1 amide bonds. The molecule has 1 heterocycles. The Hall–Kier alpha value is -1.78. The van der Waals surface area contributed by atoms with Crippen LogP contribution >= 0.6 is 23.2 Å². The molecule has 0 fully saturated rings. The van der Waals surface area contributed by atoms with Crippen LogP contribution in [-0.4, -0.2) is 16.7 Å². The van der Waals surface area contributed by atoms with Gasteiger partial charge >= 0.3 is 0 Å². The summed E-state index contributed by atoms with van der Waals surface area (Å²) in [5.74, 6) is -0.382. The van der Waals surface area contributed by atoms with E-state index in [0.29, 0.717) is 15.6 Å². The summed E-state index contributed by atoms with van der Waals surface area (Å²) >= 11 is 11.7. The Morgan fingerprint density at radius 2 is 2.16 bits per heavy atom. The number of amides is 1. The fourth-order valence-electron chi connectivity index (χ4n) is 1.50. The van der Waals surface area contributed by atoms with E-state index in [-0.39, 0.29) is 5.91 Å². The average Bonchev–Trinajstić information content (AvgIpc) is 2.75. The number of carbonyl (C=O) groups is 1. The lowest BCUT2D eigenvalue weighted by Crippen LogP contribution is -2.18. The molecule has 1 N–H and O–H groups in total. The number of carbonyl (C=O) groups excluding carboxylic acids is 1. The third kappa shape index (κ3) is 3.36. The molecule has 6 heteroatoms. The van der Waals surface area contributed by atoms with Crippen LogP contribution < -0.4 is 5.43 Å². The van der Waals surface area contributed by atoms with E-state index in [1.54, 1.807) is 18.3 Å². The summed E-state index contributed by atoms with van der Waals surface area (Å²) in [6.45, 7) is 0. The Bertz CT molecular complexity index is 635. The summed E-state index contributed by atoms with van der Waals surface area (Å²) < 4.78 is 1.88. The first-order valence-corrected chi connectivity index (χ1v) is 6.23. The Labute approximate surface area is 120 Å². The highest BCUT2D eigenvalue weighted by Crippen LogP contribution is 2.20. The van der Waals surface area contributed by atoms with Crippen LogP contribution in [0, 0.1) is 0 Å². The van der Waals surface area contributed by atoms with E-state index in [4.69, 9.17) is 23.2 Å². The third-order valence-electron chi connectivity index (χ3n) is 2.52. The maximum absolute atomic E-state index is 11.8. The van der Waals surface area contributed by atoms with Gasteiger partial charge in [0.2, 0.25) is 0 Å². The van der Waals surface area contributed by atoms with Crippen LogP contribution in [0.25, 0.3) is 0 Å². The molecular formula is C13H11Cl2N3O. The number of hydrogen-bond donors (Lipinski definition) is 1. The molecule has 0 radical (unpaired) electrons. The maximum atomic E-state index is 11.8. The van der Waals surface area contributed by atoms with Crippen molar-refractivity contribution in [3.05, 3.63) is 57.8 Å². The first-order valence-electron chi connectivity index (χ1n) is 5.47. The van der Waals surface area contributed by atoms with Crippen molar-refractivity contribution in [2.45, 2.75) is 0 Å². The summed E-state index contributed by atoms with van der Waals surface area (Å²) in [4.78, 5) is 11.8. The van der Waals surface area contributed by atoms with Crippen molar-refractivity contribution < 1.29 is 4.79 Å². The van der Waals surface area contributed by atoms with Crippen molar-refractivity contribution >= 4 is 35.3 Å². The van der Waals surface area contributed by atoms with Crippen molar-refractivity contribution in [1.82, 2.24) is 9.99 Å². The molecule has 0 aliphatic rings. The molecule has 98 valence electrons. The summed E-state index contributed by atoms with van der Waals surface area (Å²) in [5.41, 5.74) is 3.62. The zero-order valence-corrected chi connectivity index (χ0v) is 11.6. The zero-order chi connectivity index (χ0) is 13.8. The molecule has 0 saturated carbocycles. The summed E-state index contributed by atoms with van der Waals surface area (Å²) in [6.07, 6.45) is 3.45. The number of halogens is 2. The summed E-state index contributed by atoms with van der Waals surface area (Å²) in [7, 11) is 1.89. The maximum Gasteiger partial charge on any atom is 0.272 e. The number of rotatable bonds is 3. The van der Waals surface area contributed by atoms with Crippen LogP contribution in [-0.2, 0) is 7.05 Å². The Morgan fingerprint density at radius 3 is 2.79 bits per heavy atom. The number of nitrogens with zero attached hydrogens (tertiary/aromatic N) is 2. The van der Waals surface area contributed by atoms with Crippen LogP contribution in [0.3, 0.4) is 0 Å².